The molecule has 1 aromatic carbocycles. The van der Waals surface area contributed by atoms with Crippen LogP contribution in [0.4, 0.5) is 0 Å². The monoisotopic (exact) mass is 254 g/mol. The van der Waals surface area contributed by atoms with Crippen molar-refractivity contribution >= 4 is 21.8 Å². The molecule has 0 aliphatic carbocycles. The van der Waals surface area contributed by atoms with Crippen LogP contribution in [0.25, 0.3) is 21.8 Å². The highest BCUT2D eigenvalue weighted by Crippen LogP contribution is 2.29. The molecule has 0 spiro atoms. The number of H-pyrrole nitrogens is 1. The standard InChI is InChI=1S/C16H18N2O/c1-10(2)8-15-16-13(6-7-17-16)12-5-4-11(19-3)9-14(12)18-15/h4-7,9-10,17H,8H2,1-3H3. The Hall–Kier alpha value is -2.03. The van der Waals surface area contributed by atoms with Crippen molar-refractivity contribution < 1.29 is 4.74 Å². The number of methoxy groups -OCH3 is 1. The van der Waals surface area contributed by atoms with Crippen molar-refractivity contribution in [2.75, 3.05) is 7.11 Å². The average molecular weight is 254 g/mol. The molecule has 3 rings (SSSR count). The van der Waals surface area contributed by atoms with Crippen LogP contribution in [0.2, 0.25) is 0 Å². The van der Waals surface area contributed by atoms with Gasteiger partial charge in [-0.15, -0.1) is 0 Å². The highest BCUT2D eigenvalue weighted by molar-refractivity contribution is 6.05. The Morgan fingerprint density at radius 1 is 1.21 bits per heavy atom. The minimum atomic E-state index is 0.585. The van der Waals surface area contributed by atoms with E-state index in [1.54, 1.807) is 7.11 Å². The number of aromatic amines is 1. The van der Waals surface area contributed by atoms with Gasteiger partial charge in [0.2, 0.25) is 0 Å². The van der Waals surface area contributed by atoms with Crippen molar-refractivity contribution in [3.63, 3.8) is 0 Å². The minimum Gasteiger partial charge on any atom is -0.497 e. The Balaban J connectivity index is 2.31. The average Bonchev–Trinajstić information content (AvgIpc) is 2.87. The molecule has 0 atom stereocenters. The predicted molar refractivity (Wildman–Crippen MR) is 78.7 cm³/mol. The van der Waals surface area contributed by atoms with Gasteiger partial charge >= 0.3 is 0 Å². The van der Waals surface area contributed by atoms with Crippen LogP contribution in [0, 0.1) is 5.92 Å². The zero-order chi connectivity index (χ0) is 13.4. The Kier molecular flexibility index (Phi) is 2.90. The molecule has 0 unspecified atom stereocenters. The van der Waals surface area contributed by atoms with Crippen molar-refractivity contribution in [2.24, 2.45) is 5.92 Å². The first kappa shape index (κ1) is 12.0. The summed E-state index contributed by atoms with van der Waals surface area (Å²) in [5, 5.41) is 2.41. The van der Waals surface area contributed by atoms with Gasteiger partial charge in [-0.05, 0) is 30.5 Å². The summed E-state index contributed by atoms with van der Waals surface area (Å²) in [5.74, 6) is 1.44. The Morgan fingerprint density at radius 3 is 2.79 bits per heavy atom. The maximum Gasteiger partial charge on any atom is 0.121 e. The molecule has 98 valence electrons. The molecule has 2 aromatic heterocycles. The van der Waals surface area contributed by atoms with E-state index in [9.17, 15) is 0 Å². The van der Waals surface area contributed by atoms with Gasteiger partial charge in [0.15, 0.2) is 0 Å². The summed E-state index contributed by atoms with van der Waals surface area (Å²) in [4.78, 5) is 8.13. The first-order valence-corrected chi connectivity index (χ1v) is 6.62. The maximum absolute atomic E-state index is 5.29. The summed E-state index contributed by atoms with van der Waals surface area (Å²) < 4.78 is 5.29. The van der Waals surface area contributed by atoms with Crippen molar-refractivity contribution in [3.05, 3.63) is 36.2 Å². The number of ether oxygens (including phenoxy) is 1. The number of hydrogen-bond acceptors (Lipinski definition) is 2. The molecule has 0 aliphatic rings. The molecule has 0 saturated carbocycles. The van der Waals surface area contributed by atoms with Crippen LogP contribution in [0.15, 0.2) is 30.5 Å². The van der Waals surface area contributed by atoms with E-state index in [4.69, 9.17) is 9.72 Å². The Bertz CT molecular complexity index is 728. The number of pyridine rings is 1. The molecular formula is C16H18N2O. The molecule has 0 saturated heterocycles. The van der Waals surface area contributed by atoms with Crippen LogP contribution < -0.4 is 4.74 Å². The van der Waals surface area contributed by atoms with E-state index < -0.39 is 0 Å². The van der Waals surface area contributed by atoms with Crippen LogP contribution in [0.1, 0.15) is 19.5 Å². The molecule has 1 N–H and O–H groups in total. The van der Waals surface area contributed by atoms with E-state index in [1.165, 1.54) is 10.8 Å². The SMILES string of the molecule is COc1ccc2c(c1)nc(CC(C)C)c1[nH]ccc12. The second-order valence-corrected chi connectivity index (χ2v) is 5.31. The molecule has 3 heteroatoms. The van der Waals surface area contributed by atoms with Gasteiger partial charge in [-0.1, -0.05) is 13.8 Å². The number of rotatable bonds is 3. The number of nitrogens with one attached hydrogen (secondary N) is 1. The largest absolute Gasteiger partial charge is 0.497 e. The first-order valence-electron chi connectivity index (χ1n) is 6.62. The third-order valence-corrected chi connectivity index (χ3v) is 3.39. The highest BCUT2D eigenvalue weighted by atomic mass is 16.5. The lowest BCUT2D eigenvalue weighted by molar-refractivity contribution is 0.415. The predicted octanol–water partition coefficient (Wildman–Crippen LogP) is 3.92. The fourth-order valence-corrected chi connectivity index (χ4v) is 2.53. The van der Waals surface area contributed by atoms with Gasteiger partial charge in [0.25, 0.3) is 0 Å². The lowest BCUT2D eigenvalue weighted by atomic mass is 10.0. The number of benzene rings is 1. The number of nitrogens with zero attached hydrogens (tertiary/aromatic N) is 1. The summed E-state index contributed by atoms with van der Waals surface area (Å²) in [5.41, 5.74) is 3.30. The van der Waals surface area contributed by atoms with Gasteiger partial charge in [0.1, 0.15) is 5.75 Å². The summed E-state index contributed by atoms with van der Waals surface area (Å²) in [6.45, 7) is 4.43. The van der Waals surface area contributed by atoms with Gasteiger partial charge in [-0.2, -0.15) is 0 Å². The zero-order valence-electron chi connectivity index (χ0n) is 11.5. The van der Waals surface area contributed by atoms with E-state index in [0.29, 0.717) is 5.92 Å². The third-order valence-electron chi connectivity index (χ3n) is 3.39. The molecule has 0 radical (unpaired) electrons. The third kappa shape index (κ3) is 2.05. The van der Waals surface area contributed by atoms with Crippen molar-refractivity contribution in [1.82, 2.24) is 9.97 Å². The van der Waals surface area contributed by atoms with Gasteiger partial charge in [0.05, 0.1) is 23.8 Å². The molecule has 3 nitrogen and oxygen atoms in total. The highest BCUT2D eigenvalue weighted by Gasteiger charge is 2.11. The molecule has 3 aromatic rings. The molecule has 0 bridgehead atoms. The van der Waals surface area contributed by atoms with Crippen LogP contribution in [-0.4, -0.2) is 17.1 Å². The molecule has 19 heavy (non-hydrogen) atoms. The van der Waals surface area contributed by atoms with E-state index in [-0.39, 0.29) is 0 Å². The molecular weight excluding hydrogens is 236 g/mol. The van der Waals surface area contributed by atoms with Crippen LogP contribution >= 0.6 is 0 Å². The first-order chi connectivity index (χ1) is 9.19. The summed E-state index contributed by atoms with van der Waals surface area (Å²) in [6.07, 6.45) is 2.96. The quantitative estimate of drug-likeness (QED) is 0.769. The number of hydrogen-bond donors (Lipinski definition) is 1. The van der Waals surface area contributed by atoms with Crippen LogP contribution in [-0.2, 0) is 6.42 Å². The zero-order valence-corrected chi connectivity index (χ0v) is 11.5. The molecule has 0 amide bonds. The van der Waals surface area contributed by atoms with Gasteiger partial charge in [-0.3, -0.25) is 4.98 Å². The lowest BCUT2D eigenvalue weighted by Gasteiger charge is -2.09. The van der Waals surface area contributed by atoms with Crippen molar-refractivity contribution in [3.8, 4) is 5.75 Å². The van der Waals surface area contributed by atoms with Crippen LogP contribution in [0.5, 0.6) is 5.75 Å². The minimum absolute atomic E-state index is 0.585. The van der Waals surface area contributed by atoms with Crippen molar-refractivity contribution in [1.29, 1.82) is 0 Å². The van der Waals surface area contributed by atoms with E-state index in [1.807, 2.05) is 18.3 Å². The van der Waals surface area contributed by atoms with Gasteiger partial charge < -0.3 is 9.72 Å². The summed E-state index contributed by atoms with van der Waals surface area (Å²) >= 11 is 0. The van der Waals surface area contributed by atoms with E-state index in [2.05, 4.69) is 31.0 Å². The Labute approximate surface area is 112 Å². The molecule has 2 heterocycles. The second-order valence-electron chi connectivity index (χ2n) is 5.31. The topological polar surface area (TPSA) is 37.9 Å². The molecule has 0 fully saturated rings. The fraction of sp³-hybridized carbons (Fsp3) is 0.312. The normalized spacial score (nSPS) is 11.6. The van der Waals surface area contributed by atoms with Gasteiger partial charge in [0, 0.05) is 23.0 Å². The maximum atomic E-state index is 5.29. The lowest BCUT2D eigenvalue weighted by Crippen LogP contribution is -1.99. The Morgan fingerprint density at radius 2 is 2.05 bits per heavy atom. The molecule has 0 aliphatic heterocycles. The van der Waals surface area contributed by atoms with E-state index >= 15 is 0 Å². The fourth-order valence-electron chi connectivity index (χ4n) is 2.53. The van der Waals surface area contributed by atoms with Crippen molar-refractivity contribution in [2.45, 2.75) is 20.3 Å². The van der Waals surface area contributed by atoms with E-state index in [0.717, 1.165) is 28.9 Å². The van der Waals surface area contributed by atoms with Crippen LogP contribution in [0.3, 0.4) is 0 Å². The summed E-state index contributed by atoms with van der Waals surface area (Å²) in [7, 11) is 1.69. The second kappa shape index (κ2) is 4.57. The number of fused-ring (bicyclic) bond motifs is 3. The smallest absolute Gasteiger partial charge is 0.121 e. The number of aromatic nitrogens is 2. The van der Waals surface area contributed by atoms with Gasteiger partial charge in [-0.25, -0.2) is 0 Å². The summed E-state index contributed by atoms with van der Waals surface area (Å²) in [6, 6.07) is 8.19.